The number of aryl methyl sites for hydroxylation is 1. The number of thioether (sulfide) groups is 1. The number of allylic oxidation sites excluding steroid dienone is 1. The smallest absolute Gasteiger partial charge is 0.341 e. The van der Waals surface area contributed by atoms with Crippen LogP contribution in [0.2, 0.25) is 0 Å². The van der Waals surface area contributed by atoms with Crippen molar-refractivity contribution in [1.82, 2.24) is 14.8 Å². The summed E-state index contributed by atoms with van der Waals surface area (Å²) < 4.78 is 6.98. The number of methoxy groups -OCH3 is 1. The van der Waals surface area contributed by atoms with Gasteiger partial charge < -0.3 is 19.9 Å². The number of amides is 1. The van der Waals surface area contributed by atoms with E-state index in [-0.39, 0.29) is 12.3 Å². The van der Waals surface area contributed by atoms with E-state index in [0.717, 1.165) is 51.8 Å². The second-order valence-electron chi connectivity index (χ2n) is 8.88. The van der Waals surface area contributed by atoms with E-state index in [1.54, 1.807) is 0 Å². The van der Waals surface area contributed by atoms with Crippen molar-refractivity contribution < 1.29 is 14.3 Å². The second-order valence-corrected chi connectivity index (χ2v) is 11.0. The van der Waals surface area contributed by atoms with Gasteiger partial charge in [0.15, 0.2) is 11.0 Å². The topological polar surface area (TPSA) is 98.1 Å². The number of fused-ring (bicyclic) bond motifs is 2. The van der Waals surface area contributed by atoms with Crippen LogP contribution in [0.4, 0.5) is 10.7 Å². The number of thiophene rings is 1. The molecule has 1 aliphatic carbocycles. The van der Waals surface area contributed by atoms with Crippen molar-refractivity contribution in [1.29, 1.82) is 0 Å². The molecule has 0 saturated carbocycles. The van der Waals surface area contributed by atoms with Crippen LogP contribution in [-0.2, 0) is 35.5 Å². The van der Waals surface area contributed by atoms with Gasteiger partial charge in [-0.15, -0.1) is 28.1 Å². The average Bonchev–Trinajstić information content (AvgIpc) is 3.62. The predicted octanol–water partition coefficient (Wildman–Crippen LogP) is 5.69. The highest BCUT2D eigenvalue weighted by molar-refractivity contribution is 7.99. The van der Waals surface area contributed by atoms with E-state index >= 15 is 0 Å². The van der Waals surface area contributed by atoms with Crippen LogP contribution in [0.3, 0.4) is 0 Å². The van der Waals surface area contributed by atoms with Crippen molar-refractivity contribution in [3.05, 3.63) is 76.9 Å². The molecule has 2 aromatic carbocycles. The Bertz CT molecular complexity index is 1490. The number of benzene rings is 2. The highest BCUT2D eigenvalue weighted by atomic mass is 32.2. The first-order valence-electron chi connectivity index (χ1n) is 12.5. The van der Waals surface area contributed by atoms with Crippen LogP contribution < -0.4 is 10.6 Å². The minimum absolute atomic E-state index is 0.143. The van der Waals surface area contributed by atoms with Gasteiger partial charge in [0, 0.05) is 34.7 Å². The molecule has 196 valence electrons. The lowest BCUT2D eigenvalue weighted by Gasteiger charge is -2.11. The molecule has 2 N–H and O–H groups in total. The largest absolute Gasteiger partial charge is 0.465 e. The Morgan fingerprint density at radius 2 is 2.03 bits per heavy atom. The molecule has 10 heteroatoms. The fourth-order valence-electron chi connectivity index (χ4n) is 4.66. The quantitative estimate of drug-likeness (QED) is 0.141. The Morgan fingerprint density at radius 1 is 1.18 bits per heavy atom. The van der Waals surface area contributed by atoms with Crippen molar-refractivity contribution in [2.24, 2.45) is 0 Å². The number of nitrogens with one attached hydrogen (secondary N) is 2. The summed E-state index contributed by atoms with van der Waals surface area (Å²) in [5.74, 6) is 0.781. The summed E-state index contributed by atoms with van der Waals surface area (Å²) in [4.78, 5) is 26.2. The fourth-order valence-corrected chi connectivity index (χ4v) is 6.86. The molecule has 5 rings (SSSR count). The number of carbonyl (C=O) groups is 2. The maximum atomic E-state index is 12.7. The summed E-state index contributed by atoms with van der Waals surface area (Å²) in [7, 11) is 1.37. The van der Waals surface area contributed by atoms with E-state index in [1.165, 1.54) is 35.6 Å². The Balaban J connectivity index is 1.21. The summed E-state index contributed by atoms with van der Waals surface area (Å²) in [6.07, 6.45) is 4.90. The number of hydrogen-bond donors (Lipinski definition) is 2. The van der Waals surface area contributed by atoms with Crippen LogP contribution in [-0.4, -0.2) is 39.5 Å². The fraction of sp³-hybridized carbons (Fsp3) is 0.286. The van der Waals surface area contributed by atoms with Gasteiger partial charge in [-0.3, -0.25) is 4.79 Å². The molecule has 0 fully saturated rings. The zero-order valence-electron chi connectivity index (χ0n) is 21.2. The van der Waals surface area contributed by atoms with Crippen molar-refractivity contribution in [3.8, 4) is 0 Å². The van der Waals surface area contributed by atoms with E-state index in [9.17, 15) is 9.59 Å². The zero-order valence-corrected chi connectivity index (χ0v) is 22.8. The number of nitrogens with zero attached hydrogens (tertiary/aromatic N) is 3. The Labute approximate surface area is 229 Å². The second kappa shape index (κ2) is 11.8. The lowest BCUT2D eigenvalue weighted by molar-refractivity contribution is -0.115. The van der Waals surface area contributed by atoms with Crippen molar-refractivity contribution in [2.75, 3.05) is 23.5 Å². The molecule has 8 nitrogen and oxygen atoms in total. The number of carbonyl (C=O) groups excluding carboxylic acids is 2. The first-order valence-corrected chi connectivity index (χ1v) is 14.3. The highest BCUT2D eigenvalue weighted by Gasteiger charge is 2.28. The summed E-state index contributed by atoms with van der Waals surface area (Å²) in [5, 5.41) is 18.8. The molecule has 0 spiro atoms. The van der Waals surface area contributed by atoms with Crippen LogP contribution in [0.15, 0.2) is 60.3 Å². The minimum atomic E-state index is -0.392. The summed E-state index contributed by atoms with van der Waals surface area (Å²) in [6.45, 7) is 4.95. The first kappa shape index (κ1) is 26.0. The molecule has 0 atom stereocenters. The van der Waals surface area contributed by atoms with Gasteiger partial charge in [-0.2, -0.15) is 0 Å². The van der Waals surface area contributed by atoms with E-state index in [1.807, 2.05) is 28.8 Å². The van der Waals surface area contributed by atoms with Crippen molar-refractivity contribution in [2.45, 2.75) is 43.9 Å². The van der Waals surface area contributed by atoms with E-state index in [2.05, 4.69) is 51.7 Å². The predicted molar refractivity (Wildman–Crippen MR) is 153 cm³/mol. The summed E-state index contributed by atoms with van der Waals surface area (Å²) >= 11 is 2.96. The first-order chi connectivity index (χ1) is 18.6. The monoisotopic (exact) mass is 547 g/mol. The van der Waals surface area contributed by atoms with Gasteiger partial charge in [-0.25, -0.2) is 4.79 Å². The molecule has 0 radical (unpaired) electrons. The number of esters is 1. The third-order valence-corrected chi connectivity index (χ3v) is 8.63. The van der Waals surface area contributed by atoms with Crippen molar-refractivity contribution in [3.63, 3.8) is 0 Å². The van der Waals surface area contributed by atoms with Crippen LogP contribution in [0.1, 0.15) is 39.5 Å². The number of rotatable bonds is 11. The van der Waals surface area contributed by atoms with Crippen LogP contribution in [0.5, 0.6) is 0 Å². The lowest BCUT2D eigenvalue weighted by atomic mass is 10.1. The molecule has 0 saturated heterocycles. The molecule has 2 aromatic heterocycles. The normalized spacial score (nSPS) is 12.3. The van der Waals surface area contributed by atoms with Gasteiger partial charge in [0.2, 0.25) is 5.91 Å². The summed E-state index contributed by atoms with van der Waals surface area (Å²) in [5.41, 5.74) is 2.57. The lowest BCUT2D eigenvalue weighted by Crippen LogP contribution is -2.15. The minimum Gasteiger partial charge on any atom is -0.465 e. The van der Waals surface area contributed by atoms with Crippen LogP contribution >= 0.6 is 23.1 Å². The third kappa shape index (κ3) is 5.46. The molecular weight excluding hydrogens is 518 g/mol. The van der Waals surface area contributed by atoms with Crippen LogP contribution in [0.25, 0.3) is 10.8 Å². The SMILES string of the molecule is C=CCn1c(CNc2cccc3ccccc23)nnc1SCCC(=O)Nc1sc2c(c1C(=O)OC)CCC2. The summed E-state index contributed by atoms with van der Waals surface area (Å²) in [6, 6.07) is 14.4. The highest BCUT2D eigenvalue weighted by Crippen LogP contribution is 2.39. The van der Waals surface area contributed by atoms with E-state index in [0.29, 0.717) is 29.4 Å². The number of anilines is 2. The standard InChI is InChI=1S/C28H29N5O3S2/c1-3-15-33-23(17-29-21-12-6-9-18-8-4-5-10-19(18)21)31-32-28(33)37-16-14-24(34)30-26-25(27(35)36-2)20-11-7-13-22(20)38-26/h3-6,8-10,12,29H,1,7,11,13-17H2,2H3,(H,30,34). The molecule has 0 aliphatic heterocycles. The number of ether oxygens (including phenoxy) is 1. The van der Waals surface area contributed by atoms with Crippen LogP contribution in [0, 0.1) is 0 Å². The Hall–Kier alpha value is -3.63. The molecule has 1 amide bonds. The molecule has 38 heavy (non-hydrogen) atoms. The molecule has 1 aliphatic rings. The third-order valence-electron chi connectivity index (χ3n) is 6.46. The number of aromatic nitrogens is 3. The molecular formula is C28H29N5O3S2. The van der Waals surface area contributed by atoms with Gasteiger partial charge in [0.25, 0.3) is 0 Å². The molecule has 4 aromatic rings. The van der Waals surface area contributed by atoms with Gasteiger partial charge in [-0.1, -0.05) is 54.2 Å². The van der Waals surface area contributed by atoms with Gasteiger partial charge >= 0.3 is 5.97 Å². The average molecular weight is 548 g/mol. The molecule has 0 unspecified atom stereocenters. The van der Waals surface area contributed by atoms with Gasteiger partial charge in [-0.05, 0) is 36.3 Å². The van der Waals surface area contributed by atoms with E-state index in [4.69, 9.17) is 4.74 Å². The number of hydrogen-bond acceptors (Lipinski definition) is 8. The van der Waals surface area contributed by atoms with Gasteiger partial charge in [0.05, 0.1) is 19.2 Å². The molecule has 2 heterocycles. The Kier molecular flexibility index (Phi) is 8.09. The van der Waals surface area contributed by atoms with Crippen molar-refractivity contribution >= 4 is 56.4 Å². The maximum absolute atomic E-state index is 12.7. The van der Waals surface area contributed by atoms with Gasteiger partial charge in [0.1, 0.15) is 5.00 Å². The zero-order chi connectivity index (χ0) is 26.5. The molecule has 0 bridgehead atoms. The maximum Gasteiger partial charge on any atom is 0.341 e. The van der Waals surface area contributed by atoms with E-state index < -0.39 is 5.97 Å². The Morgan fingerprint density at radius 3 is 2.87 bits per heavy atom.